The summed E-state index contributed by atoms with van der Waals surface area (Å²) in [5.74, 6) is 0.374. The highest BCUT2D eigenvalue weighted by Gasteiger charge is 2.68. The topological polar surface area (TPSA) is 78.4 Å². The predicted octanol–water partition coefficient (Wildman–Crippen LogP) is 7.17. The number of ether oxygens (including phenoxy) is 2. The van der Waals surface area contributed by atoms with Crippen LogP contribution in [0.1, 0.15) is 89.9 Å². The molecular formula is C31H46F3N5O2. The molecule has 2 bridgehead atoms. The van der Waals surface area contributed by atoms with Crippen LogP contribution in [0.5, 0.6) is 5.75 Å². The molecule has 5 rings (SSSR count). The van der Waals surface area contributed by atoms with Gasteiger partial charge in [0.1, 0.15) is 0 Å². The molecule has 3 unspecified atom stereocenters. The first-order valence-corrected chi connectivity index (χ1v) is 15.4. The number of nitrogen functional groups attached to an aromatic ring is 1. The number of aromatic nitrogens is 3. The number of likely N-dealkylation sites (N-methyl/N-ethyl adjacent to an activating group) is 1. The summed E-state index contributed by atoms with van der Waals surface area (Å²) >= 11 is 0. The summed E-state index contributed by atoms with van der Waals surface area (Å²) in [6, 6.07) is 1.29. The molecule has 3 aliphatic rings. The Morgan fingerprint density at radius 3 is 2.32 bits per heavy atom. The molecule has 0 radical (unpaired) electrons. The molecule has 0 aromatic carbocycles. The Bertz CT molecular complexity index is 1150. The molecule has 0 saturated heterocycles. The van der Waals surface area contributed by atoms with E-state index in [9.17, 15) is 13.2 Å². The zero-order valence-corrected chi connectivity index (χ0v) is 24.6. The van der Waals surface area contributed by atoms with Crippen molar-refractivity contribution in [3.63, 3.8) is 0 Å². The van der Waals surface area contributed by atoms with Gasteiger partial charge in [0, 0.05) is 43.1 Å². The van der Waals surface area contributed by atoms with E-state index in [-0.39, 0.29) is 16.9 Å². The lowest BCUT2D eigenvalue weighted by molar-refractivity contribution is -0.274. The fourth-order valence-corrected chi connectivity index (χ4v) is 7.93. The molecule has 228 valence electrons. The normalized spacial score (nSPS) is 28.2. The minimum absolute atomic E-state index is 0.0651. The molecule has 3 fully saturated rings. The number of hydrogen-bond donors (Lipinski definition) is 1. The van der Waals surface area contributed by atoms with E-state index in [1.165, 1.54) is 89.3 Å². The van der Waals surface area contributed by atoms with Crippen molar-refractivity contribution in [3.05, 3.63) is 24.8 Å². The van der Waals surface area contributed by atoms with E-state index in [2.05, 4.69) is 26.2 Å². The SMILES string of the molecule is COCCN(C)C12CCCCCCCCCCCC(n3cnc(-c4cnc(N)c(OC(F)(F)F)c4)c3)(C1)C2C1CC1. The molecular weight excluding hydrogens is 531 g/mol. The lowest BCUT2D eigenvalue weighted by atomic mass is 9.48. The van der Waals surface area contributed by atoms with Gasteiger partial charge in [-0.3, -0.25) is 4.90 Å². The predicted molar refractivity (Wildman–Crippen MR) is 153 cm³/mol. The molecule has 0 spiro atoms. The highest BCUT2D eigenvalue weighted by molar-refractivity contribution is 5.63. The van der Waals surface area contributed by atoms with Crippen LogP contribution >= 0.6 is 0 Å². The fourth-order valence-electron chi connectivity index (χ4n) is 7.93. The van der Waals surface area contributed by atoms with E-state index < -0.39 is 12.1 Å². The van der Waals surface area contributed by atoms with E-state index in [4.69, 9.17) is 15.5 Å². The van der Waals surface area contributed by atoms with Gasteiger partial charge in [-0.2, -0.15) is 0 Å². The van der Waals surface area contributed by atoms with Crippen LogP contribution in [0.2, 0.25) is 0 Å². The third-order valence-corrected chi connectivity index (χ3v) is 9.97. The van der Waals surface area contributed by atoms with Crippen molar-refractivity contribution in [3.8, 4) is 17.0 Å². The zero-order chi connectivity index (χ0) is 29.1. The number of fused-ring (bicyclic) bond motifs is 2. The highest BCUT2D eigenvalue weighted by Crippen LogP contribution is 2.66. The maximum absolute atomic E-state index is 13.0. The third kappa shape index (κ3) is 6.53. The average Bonchev–Trinajstić information content (AvgIpc) is 3.60. The van der Waals surface area contributed by atoms with E-state index in [1.54, 1.807) is 7.11 Å². The van der Waals surface area contributed by atoms with Gasteiger partial charge in [-0.05, 0) is 51.1 Å². The minimum atomic E-state index is -4.85. The van der Waals surface area contributed by atoms with Gasteiger partial charge >= 0.3 is 6.36 Å². The van der Waals surface area contributed by atoms with Crippen molar-refractivity contribution >= 4 is 5.82 Å². The van der Waals surface area contributed by atoms with Crippen LogP contribution in [0.4, 0.5) is 19.0 Å². The van der Waals surface area contributed by atoms with Crippen LogP contribution in [0, 0.1) is 11.8 Å². The van der Waals surface area contributed by atoms with E-state index in [0.29, 0.717) is 29.7 Å². The number of pyridine rings is 1. The number of nitrogens with zero attached hydrogens (tertiary/aromatic N) is 4. The van der Waals surface area contributed by atoms with Crippen LogP contribution in [-0.2, 0) is 10.3 Å². The van der Waals surface area contributed by atoms with Gasteiger partial charge in [0.05, 0.1) is 24.2 Å². The highest BCUT2D eigenvalue weighted by atomic mass is 19.4. The van der Waals surface area contributed by atoms with Gasteiger partial charge in [-0.25, -0.2) is 9.97 Å². The first kappa shape index (κ1) is 30.1. The van der Waals surface area contributed by atoms with Crippen molar-refractivity contribution in [2.24, 2.45) is 11.8 Å². The number of alkyl halides is 3. The standard InChI is InChI=1S/C31H46F3N5O2/c1-38(16-17-40-2)29-14-10-8-6-4-3-5-7-9-11-15-30(21-29,27(29)23-12-13-23)39-20-25(37-22-39)24-18-26(28(35)36-19-24)41-31(32,33)34/h18-20,22-23,27H,3-17,21H2,1-2H3,(H2,35,36). The summed E-state index contributed by atoms with van der Waals surface area (Å²) in [6.07, 6.45) is 17.9. The Hall–Kier alpha value is -2.33. The molecule has 41 heavy (non-hydrogen) atoms. The second-order valence-corrected chi connectivity index (χ2v) is 12.6. The fraction of sp³-hybridized carbons (Fsp3) is 0.742. The molecule has 10 heteroatoms. The van der Waals surface area contributed by atoms with Gasteiger partial charge in [0.25, 0.3) is 0 Å². The van der Waals surface area contributed by atoms with Crippen LogP contribution in [0.3, 0.4) is 0 Å². The molecule has 3 saturated carbocycles. The van der Waals surface area contributed by atoms with E-state index >= 15 is 0 Å². The molecule has 2 aromatic rings. The molecule has 0 aliphatic heterocycles. The molecule has 2 heterocycles. The monoisotopic (exact) mass is 577 g/mol. The second-order valence-electron chi connectivity index (χ2n) is 12.6. The number of nitrogens with two attached hydrogens (primary N) is 1. The Kier molecular flexibility index (Phi) is 9.19. The Morgan fingerprint density at radius 2 is 1.68 bits per heavy atom. The summed E-state index contributed by atoms with van der Waals surface area (Å²) in [4.78, 5) is 11.3. The van der Waals surface area contributed by atoms with Gasteiger partial charge in [0.2, 0.25) is 0 Å². The Morgan fingerprint density at radius 1 is 1.02 bits per heavy atom. The summed E-state index contributed by atoms with van der Waals surface area (Å²) in [5, 5.41) is 0. The van der Waals surface area contributed by atoms with Gasteiger partial charge < -0.3 is 19.8 Å². The van der Waals surface area contributed by atoms with Crippen LogP contribution in [-0.4, -0.2) is 58.6 Å². The van der Waals surface area contributed by atoms with E-state index in [1.807, 2.05) is 12.5 Å². The summed E-state index contributed by atoms with van der Waals surface area (Å²) in [6.45, 7) is 1.62. The number of methoxy groups -OCH3 is 1. The number of rotatable bonds is 8. The maximum Gasteiger partial charge on any atom is 0.573 e. The van der Waals surface area contributed by atoms with Gasteiger partial charge in [-0.1, -0.05) is 57.8 Å². The van der Waals surface area contributed by atoms with Gasteiger partial charge in [0.15, 0.2) is 11.6 Å². The summed E-state index contributed by atoms with van der Waals surface area (Å²) in [5.41, 5.74) is 6.78. The first-order valence-electron chi connectivity index (χ1n) is 15.4. The van der Waals surface area contributed by atoms with Crippen LogP contribution < -0.4 is 10.5 Å². The molecule has 3 atom stereocenters. The van der Waals surface area contributed by atoms with Crippen molar-refractivity contribution in [1.29, 1.82) is 0 Å². The summed E-state index contributed by atoms with van der Waals surface area (Å²) < 4.78 is 50.8. The van der Waals surface area contributed by atoms with Crippen molar-refractivity contribution in [1.82, 2.24) is 19.4 Å². The lowest BCUT2D eigenvalue weighted by Gasteiger charge is -2.67. The zero-order valence-electron chi connectivity index (χ0n) is 24.6. The van der Waals surface area contributed by atoms with Crippen molar-refractivity contribution in [2.45, 2.75) is 107 Å². The molecule has 0 amide bonds. The Labute approximate surface area is 242 Å². The van der Waals surface area contributed by atoms with Gasteiger partial charge in [-0.15, -0.1) is 13.2 Å². The largest absolute Gasteiger partial charge is 0.573 e. The lowest BCUT2D eigenvalue weighted by Crippen LogP contribution is -2.73. The molecule has 7 nitrogen and oxygen atoms in total. The first-order chi connectivity index (χ1) is 19.7. The smallest absolute Gasteiger partial charge is 0.402 e. The number of anilines is 1. The van der Waals surface area contributed by atoms with Crippen LogP contribution in [0.15, 0.2) is 24.8 Å². The quantitative estimate of drug-likeness (QED) is 0.358. The third-order valence-electron chi connectivity index (χ3n) is 9.97. The molecule has 3 aliphatic carbocycles. The Balaban J connectivity index is 1.49. The number of imidazole rings is 1. The average molecular weight is 578 g/mol. The molecule has 2 aromatic heterocycles. The summed E-state index contributed by atoms with van der Waals surface area (Å²) in [7, 11) is 4.05. The molecule has 2 N–H and O–H groups in total. The van der Waals surface area contributed by atoms with Crippen molar-refractivity contribution in [2.75, 3.05) is 33.0 Å². The number of halogens is 3. The van der Waals surface area contributed by atoms with E-state index in [0.717, 1.165) is 19.4 Å². The van der Waals surface area contributed by atoms with Crippen molar-refractivity contribution < 1.29 is 22.6 Å². The second kappa shape index (κ2) is 12.5. The number of hydrogen-bond acceptors (Lipinski definition) is 6. The maximum atomic E-state index is 13.0. The van der Waals surface area contributed by atoms with Crippen LogP contribution in [0.25, 0.3) is 11.3 Å². The minimum Gasteiger partial charge on any atom is -0.402 e.